The van der Waals surface area contributed by atoms with E-state index in [0.29, 0.717) is 22.8 Å². The first kappa shape index (κ1) is 24.8. The summed E-state index contributed by atoms with van der Waals surface area (Å²) in [7, 11) is 18.0. The first-order chi connectivity index (χ1) is 17.6. The van der Waals surface area contributed by atoms with Crippen molar-refractivity contribution in [2.75, 3.05) is 17.7 Å². The molecule has 6 radical (unpaired) electrons. The van der Waals surface area contributed by atoms with Crippen LogP contribution in [0.2, 0.25) is 0 Å². The van der Waals surface area contributed by atoms with E-state index >= 15 is 0 Å². The molecule has 37 heavy (non-hydrogen) atoms. The summed E-state index contributed by atoms with van der Waals surface area (Å²) in [4.78, 5) is 29.5. The van der Waals surface area contributed by atoms with Gasteiger partial charge in [-0.3, -0.25) is 9.59 Å². The fourth-order valence-electron chi connectivity index (χ4n) is 3.61. The Kier molecular flexibility index (Phi) is 6.18. The van der Waals surface area contributed by atoms with Gasteiger partial charge in [-0.05, 0) is 37.8 Å². The van der Waals surface area contributed by atoms with Crippen molar-refractivity contribution in [1.82, 2.24) is 25.7 Å². The number of nitrogens with one attached hydrogen (secondary N) is 3. The molecule has 0 bridgehead atoms. The van der Waals surface area contributed by atoms with E-state index in [-0.39, 0.29) is 34.9 Å². The van der Waals surface area contributed by atoms with Crippen molar-refractivity contribution in [3.63, 3.8) is 0 Å². The molecule has 12 nitrogen and oxygen atoms in total. The highest BCUT2D eigenvalue weighted by molar-refractivity contribution is 6.60. The van der Waals surface area contributed by atoms with Gasteiger partial charge in [0.15, 0.2) is 23.1 Å². The Labute approximate surface area is 216 Å². The lowest BCUT2D eigenvalue weighted by Crippen LogP contribution is -2.50. The third kappa shape index (κ3) is 5.46. The number of amides is 2. The number of anilines is 3. The summed E-state index contributed by atoms with van der Waals surface area (Å²) in [6.45, 7) is 0. The van der Waals surface area contributed by atoms with Gasteiger partial charge < -0.3 is 30.9 Å². The molecule has 15 heteroatoms. The zero-order valence-corrected chi connectivity index (χ0v) is 19.9. The Morgan fingerprint density at radius 3 is 2.59 bits per heavy atom. The summed E-state index contributed by atoms with van der Waals surface area (Å²) in [5.41, 5.74) is 6.53. The lowest BCUT2D eigenvalue weighted by molar-refractivity contribution is -0.117. The van der Waals surface area contributed by atoms with Crippen LogP contribution in [0.25, 0.3) is 11.5 Å². The maximum atomic E-state index is 12.8. The van der Waals surface area contributed by atoms with Gasteiger partial charge in [0.1, 0.15) is 0 Å². The predicted molar refractivity (Wildman–Crippen MR) is 136 cm³/mol. The molecule has 1 aromatic carbocycles. The number of hydrogen-bond donors (Lipinski definition) is 4. The van der Waals surface area contributed by atoms with Crippen LogP contribution in [0.3, 0.4) is 0 Å². The number of carbonyl (C=O) groups excluding carboxylic acids is 2. The van der Waals surface area contributed by atoms with E-state index in [1.807, 2.05) is 0 Å². The number of carbonyl (C=O) groups is 2. The summed E-state index contributed by atoms with van der Waals surface area (Å²) in [5, 5.41) is 17.9. The molecule has 2 aliphatic rings. The largest absolute Gasteiger partial charge is 0.494 e. The average molecular weight is 494 g/mol. The molecule has 2 amide bonds. The molecule has 2 aliphatic carbocycles. The Morgan fingerprint density at radius 1 is 1.19 bits per heavy atom. The molecule has 0 atom stereocenters. The molecule has 182 valence electrons. The molecule has 2 fully saturated rings. The molecule has 5 rings (SSSR count). The minimum absolute atomic E-state index is 0.0621. The maximum absolute atomic E-state index is 12.8. The summed E-state index contributed by atoms with van der Waals surface area (Å²) in [5.74, 6) is 0.0916. The summed E-state index contributed by atoms with van der Waals surface area (Å²) >= 11 is 0. The van der Waals surface area contributed by atoms with Crippen molar-refractivity contribution in [3.05, 3.63) is 35.8 Å². The van der Waals surface area contributed by atoms with Crippen LogP contribution >= 0.6 is 0 Å². The lowest BCUT2D eigenvalue weighted by Gasteiger charge is -2.23. The quantitative estimate of drug-likeness (QED) is 0.306. The van der Waals surface area contributed by atoms with Gasteiger partial charge in [-0.1, -0.05) is 16.5 Å². The number of rotatable bonds is 9. The average Bonchev–Trinajstić information content (AvgIpc) is 3.76. The van der Waals surface area contributed by atoms with Crippen molar-refractivity contribution in [3.8, 4) is 17.2 Å². The molecule has 0 saturated heterocycles. The van der Waals surface area contributed by atoms with E-state index in [4.69, 9.17) is 38.5 Å². The van der Waals surface area contributed by atoms with Gasteiger partial charge in [0, 0.05) is 12.0 Å². The topological polar surface area (TPSA) is 170 Å². The van der Waals surface area contributed by atoms with Crippen molar-refractivity contribution in [2.45, 2.75) is 36.5 Å². The minimum Gasteiger partial charge on any atom is -0.494 e. The highest BCUT2D eigenvalue weighted by Gasteiger charge is 2.44. The molecule has 3 aromatic rings. The summed E-state index contributed by atoms with van der Waals surface area (Å²) in [6, 6.07) is 6.63. The zero-order valence-electron chi connectivity index (χ0n) is 19.9. The van der Waals surface area contributed by atoms with E-state index in [9.17, 15) is 9.59 Å². The van der Waals surface area contributed by atoms with Crippen LogP contribution in [-0.4, -0.2) is 68.0 Å². The first-order valence-electron chi connectivity index (χ1n) is 11.5. The molecule has 5 N–H and O–H groups in total. The van der Waals surface area contributed by atoms with Crippen molar-refractivity contribution >= 4 is 52.5 Å². The molecule has 2 saturated carbocycles. The number of hydrogen-bond acceptors (Lipinski definition) is 10. The monoisotopic (exact) mass is 494 g/mol. The first-order valence-corrected chi connectivity index (χ1v) is 11.5. The van der Waals surface area contributed by atoms with Gasteiger partial charge in [-0.25, -0.2) is 0 Å². The third-order valence-electron chi connectivity index (χ3n) is 5.92. The van der Waals surface area contributed by atoms with Crippen LogP contribution in [0.15, 0.2) is 28.8 Å². The number of nitrogens with two attached hydrogens (primary N) is 1. The van der Waals surface area contributed by atoms with Crippen LogP contribution in [0.5, 0.6) is 5.75 Å². The molecule has 2 heterocycles. The minimum atomic E-state index is -2.00. The van der Waals surface area contributed by atoms with E-state index < -0.39 is 16.7 Å². The smallest absolute Gasteiger partial charge is 0.272 e. The van der Waals surface area contributed by atoms with E-state index in [2.05, 4.69) is 36.3 Å². The third-order valence-corrected chi connectivity index (χ3v) is 5.92. The van der Waals surface area contributed by atoms with E-state index in [1.165, 1.54) is 13.2 Å². The molecule has 2 aromatic heterocycles. The van der Waals surface area contributed by atoms with Gasteiger partial charge in [-0.15, -0.1) is 10.2 Å². The SMILES string of the molecule is [B]C([B])([B])NC(=O)c1nnc(NC(=O)C2CC2)cc1Nc1cccc(-c2nc(C3(N)CC3)no2)c1OC. The predicted octanol–water partition coefficient (Wildman–Crippen LogP) is 0.422. The second-order valence-corrected chi connectivity index (χ2v) is 9.23. The van der Waals surface area contributed by atoms with Crippen molar-refractivity contribution in [2.24, 2.45) is 11.7 Å². The fourth-order valence-corrected chi connectivity index (χ4v) is 3.61. The molecular formula is C22H21B3N8O4. The standard InChI is InChI=1S/C22H21B3N8O4/c1-36-16-11(19-29-20(33-37-19)21(26)7-8-21)3-2-4-12(16)27-13-9-14(28-17(34)10-5-6-10)31-32-15(13)18(35)30-22(23,24)25/h2-4,9-10H,5-8,26H2,1H3,(H,30,35)(H2,27,28,31,34). The number of benzene rings is 1. The second-order valence-electron chi connectivity index (χ2n) is 9.23. The van der Waals surface area contributed by atoms with Crippen LogP contribution in [0, 0.1) is 5.92 Å². The number of methoxy groups -OCH3 is 1. The van der Waals surface area contributed by atoms with Gasteiger partial charge in [0.25, 0.3) is 11.8 Å². The molecule has 0 aliphatic heterocycles. The van der Waals surface area contributed by atoms with Crippen molar-refractivity contribution in [1.29, 1.82) is 0 Å². The lowest BCUT2D eigenvalue weighted by atomic mass is 9.49. The second kappa shape index (κ2) is 9.22. The normalized spacial score (nSPS) is 16.1. The van der Waals surface area contributed by atoms with E-state index in [0.717, 1.165) is 25.7 Å². The Balaban J connectivity index is 1.50. The highest BCUT2D eigenvalue weighted by Crippen LogP contribution is 2.43. The van der Waals surface area contributed by atoms with Gasteiger partial charge in [-0.2, -0.15) is 4.98 Å². The van der Waals surface area contributed by atoms with Gasteiger partial charge >= 0.3 is 0 Å². The van der Waals surface area contributed by atoms with Crippen LogP contribution in [-0.2, 0) is 10.3 Å². The Bertz CT molecular complexity index is 1370. The summed E-state index contributed by atoms with van der Waals surface area (Å²) in [6.07, 6.45) is 3.17. The highest BCUT2D eigenvalue weighted by atomic mass is 16.5. The van der Waals surface area contributed by atoms with Crippen LogP contribution in [0.1, 0.15) is 42.0 Å². The van der Waals surface area contributed by atoms with Crippen LogP contribution < -0.4 is 26.4 Å². The molecule has 0 spiro atoms. The Hall–Kier alpha value is -3.87. The van der Waals surface area contributed by atoms with Crippen molar-refractivity contribution < 1.29 is 18.8 Å². The molecular weight excluding hydrogens is 473 g/mol. The van der Waals surface area contributed by atoms with Gasteiger partial charge in [0.2, 0.25) is 5.91 Å². The fraction of sp³-hybridized carbons (Fsp3) is 0.364. The van der Waals surface area contributed by atoms with E-state index in [1.54, 1.807) is 18.2 Å². The molecule has 0 unspecified atom stereocenters. The maximum Gasteiger partial charge on any atom is 0.272 e. The zero-order chi connectivity index (χ0) is 26.4. The number of aromatic nitrogens is 4. The number of ether oxygens (including phenoxy) is 1. The summed E-state index contributed by atoms with van der Waals surface area (Å²) < 4.78 is 11.1. The van der Waals surface area contributed by atoms with Gasteiger partial charge in [0.05, 0.1) is 53.1 Å². The van der Waals surface area contributed by atoms with Crippen LogP contribution in [0.4, 0.5) is 17.2 Å². The number of para-hydroxylation sites is 1. The Morgan fingerprint density at radius 2 is 1.95 bits per heavy atom. The number of nitrogens with zero attached hydrogens (tertiary/aromatic N) is 4.